The highest BCUT2D eigenvalue weighted by Crippen LogP contribution is 2.49. The lowest BCUT2D eigenvalue weighted by atomic mass is 9.82. The molecule has 2 N–H and O–H groups in total. The number of rotatable bonds is 4. The predicted octanol–water partition coefficient (Wildman–Crippen LogP) is 3.81. The molecule has 1 saturated carbocycles. The summed E-state index contributed by atoms with van der Waals surface area (Å²) < 4.78 is 0. The van der Waals surface area contributed by atoms with Crippen molar-refractivity contribution in [3.8, 4) is 0 Å². The minimum atomic E-state index is 0.0684. The SMILES string of the molecule is CC(=O)N1c2ccc(N3CCNC(C)C3)nc2[C@H](Nc2ccccc2)[C@@H](C)[C@@H]1C1CC1. The molecule has 1 aromatic carbocycles. The molecule has 6 heteroatoms. The molecule has 0 spiro atoms. The standard InChI is InChI=1S/C25H33N5O/c1-16-15-29(14-13-26-16)22-12-11-21-24(28-22)23(27-20-7-5-4-6-8-20)17(2)25(19-9-10-19)30(21)18(3)31/h4-8,11-12,16-17,19,23,25-27H,9-10,13-15H2,1-3H3/t16?,17-,23-,25-/m1/s1. The molecule has 164 valence electrons. The van der Waals surface area contributed by atoms with Crippen LogP contribution in [0, 0.1) is 11.8 Å². The van der Waals surface area contributed by atoms with Gasteiger partial charge in [0.25, 0.3) is 0 Å². The zero-order chi connectivity index (χ0) is 21.5. The van der Waals surface area contributed by atoms with Crippen LogP contribution < -0.4 is 20.4 Å². The Morgan fingerprint density at radius 2 is 1.90 bits per heavy atom. The van der Waals surface area contributed by atoms with Gasteiger partial charge in [0, 0.05) is 50.2 Å². The van der Waals surface area contributed by atoms with Crippen molar-refractivity contribution >= 4 is 23.1 Å². The minimum absolute atomic E-state index is 0.0684. The molecule has 6 nitrogen and oxygen atoms in total. The van der Waals surface area contributed by atoms with Crippen LogP contribution >= 0.6 is 0 Å². The van der Waals surface area contributed by atoms with Gasteiger partial charge in [-0.1, -0.05) is 25.1 Å². The summed E-state index contributed by atoms with van der Waals surface area (Å²) in [6.07, 6.45) is 2.41. The lowest BCUT2D eigenvalue weighted by Gasteiger charge is -2.45. The third-order valence-electron chi connectivity index (χ3n) is 7.04. The zero-order valence-electron chi connectivity index (χ0n) is 18.7. The maximum atomic E-state index is 12.8. The van der Waals surface area contributed by atoms with Gasteiger partial charge in [-0.2, -0.15) is 0 Å². The second kappa shape index (κ2) is 8.15. The Kier molecular flexibility index (Phi) is 5.34. The fourth-order valence-corrected chi connectivity index (χ4v) is 5.42. The number of benzene rings is 1. The van der Waals surface area contributed by atoms with Gasteiger partial charge in [-0.3, -0.25) is 4.79 Å². The van der Waals surface area contributed by atoms with E-state index >= 15 is 0 Å². The third kappa shape index (κ3) is 3.89. The molecule has 0 radical (unpaired) electrons. The summed E-state index contributed by atoms with van der Waals surface area (Å²) in [5.41, 5.74) is 3.06. The van der Waals surface area contributed by atoms with Crippen LogP contribution in [0.1, 0.15) is 45.3 Å². The van der Waals surface area contributed by atoms with Crippen molar-refractivity contribution < 1.29 is 4.79 Å². The van der Waals surface area contributed by atoms with Crippen molar-refractivity contribution in [2.24, 2.45) is 11.8 Å². The van der Waals surface area contributed by atoms with E-state index in [1.54, 1.807) is 6.92 Å². The molecule has 1 amide bonds. The van der Waals surface area contributed by atoms with Crippen molar-refractivity contribution in [1.82, 2.24) is 10.3 Å². The second-order valence-corrected chi connectivity index (χ2v) is 9.44. The van der Waals surface area contributed by atoms with Crippen LogP contribution in [0.2, 0.25) is 0 Å². The lowest BCUT2D eigenvalue weighted by Crippen LogP contribution is -2.52. The third-order valence-corrected chi connectivity index (χ3v) is 7.04. The largest absolute Gasteiger partial charge is 0.376 e. The number of piperazine rings is 1. The normalized spacial score (nSPS) is 28.2. The van der Waals surface area contributed by atoms with E-state index in [4.69, 9.17) is 4.98 Å². The summed E-state index contributed by atoms with van der Waals surface area (Å²) in [7, 11) is 0. The average molecular weight is 420 g/mol. The number of nitrogens with one attached hydrogen (secondary N) is 2. The van der Waals surface area contributed by atoms with E-state index < -0.39 is 0 Å². The van der Waals surface area contributed by atoms with E-state index in [1.807, 2.05) is 11.0 Å². The first-order chi connectivity index (χ1) is 15.0. The van der Waals surface area contributed by atoms with Crippen molar-refractivity contribution in [2.45, 2.75) is 51.7 Å². The molecule has 1 unspecified atom stereocenters. The Balaban J connectivity index is 1.57. The quantitative estimate of drug-likeness (QED) is 0.789. The summed E-state index contributed by atoms with van der Waals surface area (Å²) in [5, 5.41) is 7.27. The van der Waals surface area contributed by atoms with Crippen molar-refractivity contribution in [3.05, 3.63) is 48.2 Å². The van der Waals surface area contributed by atoms with Crippen molar-refractivity contribution in [2.75, 3.05) is 34.8 Å². The molecule has 1 aliphatic carbocycles. The van der Waals surface area contributed by atoms with Crippen LogP contribution in [0.4, 0.5) is 17.2 Å². The van der Waals surface area contributed by atoms with Crippen LogP contribution in [0.3, 0.4) is 0 Å². The highest BCUT2D eigenvalue weighted by molar-refractivity contribution is 5.94. The van der Waals surface area contributed by atoms with Crippen LogP contribution in [-0.2, 0) is 4.79 Å². The predicted molar refractivity (Wildman–Crippen MR) is 126 cm³/mol. The average Bonchev–Trinajstić information content (AvgIpc) is 3.60. The number of anilines is 3. The number of nitrogens with zero attached hydrogens (tertiary/aromatic N) is 3. The Morgan fingerprint density at radius 3 is 2.58 bits per heavy atom. The number of carbonyl (C=O) groups excluding carboxylic acids is 1. The molecule has 3 heterocycles. The van der Waals surface area contributed by atoms with Gasteiger partial charge in [-0.15, -0.1) is 0 Å². The molecule has 1 saturated heterocycles. The first-order valence-electron chi connectivity index (χ1n) is 11.6. The van der Waals surface area contributed by atoms with Gasteiger partial charge in [0.1, 0.15) is 5.82 Å². The molecule has 5 rings (SSSR count). The Hall–Kier alpha value is -2.60. The molecular weight excluding hydrogens is 386 g/mol. The van der Waals surface area contributed by atoms with E-state index in [2.05, 4.69) is 65.8 Å². The monoisotopic (exact) mass is 419 g/mol. The fourth-order valence-electron chi connectivity index (χ4n) is 5.42. The van der Waals surface area contributed by atoms with Gasteiger partial charge < -0.3 is 20.4 Å². The number of hydrogen-bond acceptors (Lipinski definition) is 5. The molecule has 3 aliphatic rings. The van der Waals surface area contributed by atoms with E-state index in [-0.39, 0.29) is 23.9 Å². The minimum Gasteiger partial charge on any atom is -0.376 e. The topological polar surface area (TPSA) is 60.5 Å². The van der Waals surface area contributed by atoms with E-state index in [9.17, 15) is 4.79 Å². The number of carbonyl (C=O) groups is 1. The van der Waals surface area contributed by atoms with Gasteiger partial charge in [0.15, 0.2) is 0 Å². The smallest absolute Gasteiger partial charge is 0.224 e. The summed E-state index contributed by atoms with van der Waals surface area (Å²) in [6, 6.07) is 15.3. The van der Waals surface area contributed by atoms with Gasteiger partial charge in [-0.25, -0.2) is 4.98 Å². The summed E-state index contributed by atoms with van der Waals surface area (Å²) in [5.74, 6) is 1.98. The molecule has 2 fully saturated rings. The first kappa shape index (κ1) is 20.3. The van der Waals surface area contributed by atoms with Gasteiger partial charge >= 0.3 is 0 Å². The maximum absolute atomic E-state index is 12.8. The second-order valence-electron chi connectivity index (χ2n) is 9.44. The van der Waals surface area contributed by atoms with Crippen LogP contribution in [-0.4, -0.2) is 42.6 Å². The lowest BCUT2D eigenvalue weighted by molar-refractivity contribution is -0.117. The Labute approximate surface area is 185 Å². The molecule has 2 aromatic rings. The fraction of sp³-hybridized carbons (Fsp3) is 0.520. The molecule has 4 atom stereocenters. The van der Waals surface area contributed by atoms with Crippen LogP contribution in [0.5, 0.6) is 0 Å². The zero-order valence-corrected chi connectivity index (χ0v) is 18.7. The highest BCUT2D eigenvalue weighted by Gasteiger charge is 2.48. The van der Waals surface area contributed by atoms with Gasteiger partial charge in [0.05, 0.1) is 17.4 Å². The molecular formula is C25H33N5O. The number of fused-ring (bicyclic) bond motifs is 1. The summed E-state index contributed by atoms with van der Waals surface area (Å²) >= 11 is 0. The number of aromatic nitrogens is 1. The summed E-state index contributed by atoms with van der Waals surface area (Å²) in [6.45, 7) is 9.05. The number of pyridine rings is 1. The first-order valence-corrected chi connectivity index (χ1v) is 11.6. The maximum Gasteiger partial charge on any atom is 0.224 e. The Bertz CT molecular complexity index is 944. The van der Waals surface area contributed by atoms with Crippen molar-refractivity contribution in [1.29, 1.82) is 0 Å². The molecule has 2 aliphatic heterocycles. The number of hydrogen-bond donors (Lipinski definition) is 2. The van der Waals surface area contributed by atoms with Crippen LogP contribution in [0.15, 0.2) is 42.5 Å². The van der Waals surface area contributed by atoms with Gasteiger partial charge in [-0.05, 0) is 49.9 Å². The van der Waals surface area contributed by atoms with E-state index in [1.165, 1.54) is 12.8 Å². The molecule has 1 aromatic heterocycles. The van der Waals surface area contributed by atoms with Crippen molar-refractivity contribution in [3.63, 3.8) is 0 Å². The van der Waals surface area contributed by atoms with Gasteiger partial charge in [0.2, 0.25) is 5.91 Å². The van der Waals surface area contributed by atoms with Crippen LogP contribution in [0.25, 0.3) is 0 Å². The number of para-hydroxylation sites is 1. The molecule has 31 heavy (non-hydrogen) atoms. The Morgan fingerprint density at radius 1 is 1.13 bits per heavy atom. The van der Waals surface area contributed by atoms with E-state index in [0.717, 1.165) is 42.5 Å². The summed E-state index contributed by atoms with van der Waals surface area (Å²) in [4.78, 5) is 22.4. The highest BCUT2D eigenvalue weighted by atomic mass is 16.2. The number of amides is 1. The van der Waals surface area contributed by atoms with E-state index in [0.29, 0.717) is 12.0 Å². The molecule has 0 bridgehead atoms.